The molecule has 0 aliphatic heterocycles. The van der Waals surface area contributed by atoms with Crippen LogP contribution >= 0.6 is 0 Å². The highest BCUT2D eigenvalue weighted by Gasteiger charge is 2.60. The monoisotopic (exact) mass is 398 g/mol. The highest BCUT2D eigenvalue weighted by molar-refractivity contribution is 5.83. The summed E-state index contributed by atoms with van der Waals surface area (Å²) in [5.41, 5.74) is 3.00. The van der Waals surface area contributed by atoms with Gasteiger partial charge < -0.3 is 5.11 Å². The van der Waals surface area contributed by atoms with Crippen molar-refractivity contribution < 1.29 is 9.90 Å². The molecule has 0 heterocycles. The van der Waals surface area contributed by atoms with Crippen molar-refractivity contribution in [2.45, 2.75) is 98.5 Å². The average molecular weight is 399 g/mol. The number of fused-ring (bicyclic) bond motifs is 5. The Hall–Kier alpha value is -0.890. The number of carbonyl (C=O) groups is 1. The topological polar surface area (TPSA) is 37.3 Å². The van der Waals surface area contributed by atoms with E-state index in [4.69, 9.17) is 0 Å². The fourth-order valence-electron chi connectivity index (χ4n) is 8.34. The standard InChI is InChI=1S/C27H42O2/c1-17(2)7-6-8-18(3)22-11-12-23-21-10-9-19-15-20(28)16-25(29)27(19,5)24(21)13-14-26(22,23)4/h7,9,18,21-25,29H,6,8,10-16H2,1-5H3/t18-,21+,22-,23+,24+,25+,26-,27+/m1/s1. The summed E-state index contributed by atoms with van der Waals surface area (Å²) in [5.74, 6) is 3.90. The molecule has 0 unspecified atom stereocenters. The largest absolute Gasteiger partial charge is 0.392 e. The Morgan fingerprint density at radius 2 is 2.00 bits per heavy atom. The molecule has 0 aromatic carbocycles. The smallest absolute Gasteiger partial charge is 0.139 e. The zero-order valence-corrected chi connectivity index (χ0v) is 19.3. The van der Waals surface area contributed by atoms with E-state index in [0.29, 0.717) is 30.1 Å². The molecular formula is C27H42O2. The van der Waals surface area contributed by atoms with Crippen molar-refractivity contribution in [2.75, 3.05) is 0 Å². The van der Waals surface area contributed by atoms with Crippen molar-refractivity contribution in [1.82, 2.24) is 0 Å². The normalized spacial score (nSPS) is 45.0. The summed E-state index contributed by atoms with van der Waals surface area (Å²) in [6, 6.07) is 0. The molecule has 0 radical (unpaired) electrons. The molecule has 3 fully saturated rings. The van der Waals surface area contributed by atoms with E-state index in [0.717, 1.165) is 24.2 Å². The van der Waals surface area contributed by atoms with Gasteiger partial charge >= 0.3 is 0 Å². The van der Waals surface area contributed by atoms with Gasteiger partial charge in [-0.25, -0.2) is 0 Å². The van der Waals surface area contributed by atoms with Gasteiger partial charge in [0.15, 0.2) is 0 Å². The van der Waals surface area contributed by atoms with Crippen LogP contribution in [0.5, 0.6) is 0 Å². The fourth-order valence-corrected chi connectivity index (χ4v) is 8.34. The number of rotatable bonds is 4. The summed E-state index contributed by atoms with van der Waals surface area (Å²) in [6.45, 7) is 11.8. The fraction of sp³-hybridized carbons (Fsp3) is 0.815. The maximum absolute atomic E-state index is 12.1. The van der Waals surface area contributed by atoms with Crippen LogP contribution in [0.3, 0.4) is 0 Å². The molecule has 4 aliphatic rings. The Balaban J connectivity index is 1.55. The van der Waals surface area contributed by atoms with Crippen molar-refractivity contribution in [2.24, 2.45) is 40.4 Å². The first-order valence-corrected chi connectivity index (χ1v) is 12.2. The van der Waals surface area contributed by atoms with Gasteiger partial charge in [-0.2, -0.15) is 0 Å². The van der Waals surface area contributed by atoms with Crippen LogP contribution in [0.25, 0.3) is 0 Å². The molecule has 162 valence electrons. The van der Waals surface area contributed by atoms with Gasteiger partial charge in [0.2, 0.25) is 0 Å². The van der Waals surface area contributed by atoms with Crippen LogP contribution < -0.4 is 0 Å². The number of ketones is 1. The molecular weight excluding hydrogens is 356 g/mol. The molecule has 8 atom stereocenters. The molecule has 3 saturated carbocycles. The lowest BCUT2D eigenvalue weighted by molar-refractivity contribution is -0.132. The van der Waals surface area contributed by atoms with E-state index in [1.165, 1.54) is 49.7 Å². The lowest BCUT2D eigenvalue weighted by atomic mass is 9.46. The Morgan fingerprint density at radius 3 is 2.72 bits per heavy atom. The maximum atomic E-state index is 12.1. The second-order valence-electron chi connectivity index (χ2n) is 11.6. The Kier molecular flexibility index (Phi) is 5.64. The van der Waals surface area contributed by atoms with Crippen molar-refractivity contribution in [1.29, 1.82) is 0 Å². The lowest BCUT2D eigenvalue weighted by Crippen LogP contribution is -2.55. The average Bonchev–Trinajstić information content (AvgIpc) is 3.00. The third kappa shape index (κ3) is 3.38. The molecule has 0 spiro atoms. The molecule has 0 aromatic heterocycles. The number of Topliss-reactive ketones (excluding diaryl/α,β-unsaturated/α-hetero) is 1. The second kappa shape index (κ2) is 7.66. The van der Waals surface area contributed by atoms with Gasteiger partial charge in [-0.15, -0.1) is 0 Å². The van der Waals surface area contributed by atoms with Crippen LogP contribution in [0.2, 0.25) is 0 Å². The highest BCUT2D eigenvalue weighted by Crippen LogP contribution is 2.67. The summed E-state index contributed by atoms with van der Waals surface area (Å²) in [5, 5.41) is 11.0. The molecule has 0 bridgehead atoms. The summed E-state index contributed by atoms with van der Waals surface area (Å²) in [6.07, 6.45) is 14.2. The first-order chi connectivity index (χ1) is 13.7. The lowest BCUT2D eigenvalue weighted by Gasteiger charge is -2.59. The van der Waals surface area contributed by atoms with E-state index in [2.05, 4.69) is 46.8 Å². The van der Waals surface area contributed by atoms with Gasteiger partial charge in [-0.3, -0.25) is 4.79 Å². The van der Waals surface area contributed by atoms with Crippen molar-refractivity contribution >= 4 is 5.78 Å². The van der Waals surface area contributed by atoms with Crippen LogP contribution in [-0.4, -0.2) is 17.0 Å². The SMILES string of the molecule is CC(C)=CCC[C@@H](C)[C@H]1CC[C@H]2[C@@H]3CC=C4CC(=O)C[C@H](O)[C@]4(C)[C@H]3CC[C@]12C. The number of hydrogen-bond donors (Lipinski definition) is 1. The number of hydrogen-bond acceptors (Lipinski definition) is 2. The summed E-state index contributed by atoms with van der Waals surface area (Å²) in [4.78, 5) is 12.1. The van der Waals surface area contributed by atoms with Gasteiger partial charge in [0.25, 0.3) is 0 Å². The number of allylic oxidation sites excluding steroid dienone is 3. The van der Waals surface area contributed by atoms with E-state index in [1.54, 1.807) is 0 Å². The molecule has 2 nitrogen and oxygen atoms in total. The van der Waals surface area contributed by atoms with Gasteiger partial charge in [-0.1, -0.05) is 44.1 Å². The Morgan fingerprint density at radius 1 is 1.24 bits per heavy atom. The Bertz CT molecular complexity index is 714. The first kappa shape index (κ1) is 21.3. The minimum atomic E-state index is -0.479. The number of aliphatic hydroxyl groups excluding tert-OH is 1. The highest BCUT2D eigenvalue weighted by atomic mass is 16.3. The maximum Gasteiger partial charge on any atom is 0.139 e. The predicted molar refractivity (Wildman–Crippen MR) is 119 cm³/mol. The van der Waals surface area contributed by atoms with E-state index in [9.17, 15) is 9.90 Å². The van der Waals surface area contributed by atoms with Crippen molar-refractivity contribution in [3.05, 3.63) is 23.3 Å². The molecule has 1 N–H and O–H groups in total. The zero-order valence-electron chi connectivity index (χ0n) is 19.3. The van der Waals surface area contributed by atoms with E-state index in [1.807, 2.05) is 0 Å². The molecule has 2 heteroatoms. The van der Waals surface area contributed by atoms with Crippen molar-refractivity contribution in [3.63, 3.8) is 0 Å². The molecule has 0 saturated heterocycles. The summed E-state index contributed by atoms with van der Waals surface area (Å²) < 4.78 is 0. The second-order valence-corrected chi connectivity index (χ2v) is 11.6. The quantitative estimate of drug-likeness (QED) is 0.550. The minimum absolute atomic E-state index is 0.161. The van der Waals surface area contributed by atoms with Crippen LogP contribution in [0, 0.1) is 40.4 Å². The van der Waals surface area contributed by atoms with E-state index >= 15 is 0 Å². The third-order valence-electron chi connectivity index (χ3n) is 9.97. The van der Waals surface area contributed by atoms with Gasteiger partial charge in [0, 0.05) is 18.3 Å². The first-order valence-electron chi connectivity index (χ1n) is 12.2. The zero-order chi connectivity index (χ0) is 21.0. The molecule has 4 aliphatic carbocycles. The van der Waals surface area contributed by atoms with Crippen LogP contribution in [0.15, 0.2) is 23.3 Å². The molecule has 4 rings (SSSR count). The Labute approximate surface area is 178 Å². The number of aliphatic hydroxyl groups is 1. The van der Waals surface area contributed by atoms with E-state index in [-0.39, 0.29) is 11.2 Å². The summed E-state index contributed by atoms with van der Waals surface area (Å²) in [7, 11) is 0. The van der Waals surface area contributed by atoms with Gasteiger partial charge in [-0.05, 0) is 93.8 Å². The molecule has 0 amide bonds. The van der Waals surface area contributed by atoms with E-state index < -0.39 is 6.10 Å². The molecule has 0 aromatic rings. The van der Waals surface area contributed by atoms with Crippen LogP contribution in [0.4, 0.5) is 0 Å². The van der Waals surface area contributed by atoms with Crippen LogP contribution in [0.1, 0.15) is 92.4 Å². The van der Waals surface area contributed by atoms with Gasteiger partial charge in [0.05, 0.1) is 6.10 Å². The minimum Gasteiger partial charge on any atom is -0.392 e. The van der Waals surface area contributed by atoms with Crippen molar-refractivity contribution in [3.8, 4) is 0 Å². The molecule has 29 heavy (non-hydrogen) atoms. The predicted octanol–water partition coefficient (Wildman–Crippen LogP) is 6.49. The van der Waals surface area contributed by atoms with Crippen LogP contribution in [-0.2, 0) is 4.79 Å². The van der Waals surface area contributed by atoms with Gasteiger partial charge in [0.1, 0.15) is 5.78 Å². The number of carbonyl (C=O) groups excluding carboxylic acids is 1. The summed E-state index contributed by atoms with van der Waals surface area (Å²) >= 11 is 0. The third-order valence-corrected chi connectivity index (χ3v) is 9.97.